The summed E-state index contributed by atoms with van der Waals surface area (Å²) in [6.45, 7) is -0.497. The maximum Gasteiger partial charge on any atom is 0.262 e. The summed E-state index contributed by atoms with van der Waals surface area (Å²) < 4.78 is 34.8. The van der Waals surface area contributed by atoms with Gasteiger partial charge in [-0.15, -0.1) is 12.4 Å². The number of ether oxygens (including phenoxy) is 2. The second-order valence-electron chi connectivity index (χ2n) is 2.58. The maximum atomic E-state index is 12.7. The summed E-state index contributed by atoms with van der Waals surface area (Å²) >= 11 is 0. The number of halogens is 3. The molecule has 0 bridgehead atoms. The first-order valence-electron chi connectivity index (χ1n) is 3.65. The third-order valence-electron chi connectivity index (χ3n) is 1.51. The highest BCUT2D eigenvalue weighted by Crippen LogP contribution is 2.19. The summed E-state index contributed by atoms with van der Waals surface area (Å²) in [5, 5.41) is 0. The highest BCUT2D eigenvalue weighted by atomic mass is 35.5. The van der Waals surface area contributed by atoms with E-state index in [2.05, 4.69) is 4.74 Å². The van der Waals surface area contributed by atoms with E-state index in [1.54, 1.807) is 0 Å². The summed E-state index contributed by atoms with van der Waals surface area (Å²) in [4.78, 5) is 0. The fraction of sp³-hybridized carbons (Fsp3) is 1.00. The summed E-state index contributed by atoms with van der Waals surface area (Å²) in [7, 11) is 2.81. The summed E-state index contributed by atoms with van der Waals surface area (Å²) in [5.41, 5.74) is 4.86. The van der Waals surface area contributed by atoms with Gasteiger partial charge >= 0.3 is 0 Å². The largest absolute Gasteiger partial charge is 0.382 e. The van der Waals surface area contributed by atoms with Gasteiger partial charge in [-0.2, -0.15) is 0 Å². The van der Waals surface area contributed by atoms with Gasteiger partial charge in [0.15, 0.2) is 0 Å². The molecule has 3 nitrogen and oxygen atoms in total. The van der Waals surface area contributed by atoms with Crippen molar-refractivity contribution in [3.05, 3.63) is 0 Å². The summed E-state index contributed by atoms with van der Waals surface area (Å²) in [5.74, 6) is -2.86. The molecule has 2 N–H and O–H groups in total. The van der Waals surface area contributed by atoms with Crippen molar-refractivity contribution >= 4 is 12.4 Å². The lowest BCUT2D eigenvalue weighted by Crippen LogP contribution is -2.34. The van der Waals surface area contributed by atoms with Gasteiger partial charge in [-0.3, -0.25) is 0 Å². The Kier molecular flexibility index (Phi) is 8.87. The Bertz CT molecular complexity index is 127. The second kappa shape index (κ2) is 7.44. The van der Waals surface area contributed by atoms with Gasteiger partial charge < -0.3 is 15.2 Å². The molecule has 0 aliphatic heterocycles. The zero-order valence-corrected chi connectivity index (χ0v) is 8.57. The molecule has 0 fully saturated rings. The fourth-order valence-corrected chi connectivity index (χ4v) is 0.813. The van der Waals surface area contributed by atoms with Crippen molar-refractivity contribution in [2.24, 2.45) is 5.73 Å². The molecule has 0 aromatic heterocycles. The highest BCUT2D eigenvalue weighted by Gasteiger charge is 2.30. The Balaban J connectivity index is 0. The Morgan fingerprint density at radius 3 is 2.23 bits per heavy atom. The zero-order valence-electron chi connectivity index (χ0n) is 7.76. The number of alkyl halides is 2. The van der Waals surface area contributed by atoms with Crippen LogP contribution in [0.5, 0.6) is 0 Å². The van der Waals surface area contributed by atoms with Gasteiger partial charge in [0.2, 0.25) is 0 Å². The number of nitrogens with two attached hydrogens (primary N) is 1. The molecule has 0 saturated carbocycles. The van der Waals surface area contributed by atoms with Crippen molar-refractivity contribution in [2.75, 3.05) is 27.4 Å². The molecule has 0 spiro atoms. The third-order valence-corrected chi connectivity index (χ3v) is 1.51. The van der Waals surface area contributed by atoms with E-state index in [4.69, 9.17) is 10.5 Å². The van der Waals surface area contributed by atoms with Crippen LogP contribution in [0, 0.1) is 0 Å². The van der Waals surface area contributed by atoms with Crippen LogP contribution >= 0.6 is 12.4 Å². The normalized spacial score (nSPS) is 13.6. The van der Waals surface area contributed by atoms with Crippen LogP contribution in [0.4, 0.5) is 8.78 Å². The Labute approximate surface area is 83.0 Å². The molecule has 1 unspecified atom stereocenters. The number of rotatable bonds is 6. The van der Waals surface area contributed by atoms with E-state index in [0.29, 0.717) is 0 Å². The van der Waals surface area contributed by atoms with Gasteiger partial charge in [-0.25, -0.2) is 8.78 Å². The molecule has 0 aromatic rings. The molecule has 0 aromatic carbocycles. The number of hydrogen-bond donors (Lipinski definition) is 1. The topological polar surface area (TPSA) is 44.5 Å². The molecular weight excluding hydrogens is 204 g/mol. The Morgan fingerprint density at radius 2 is 1.92 bits per heavy atom. The van der Waals surface area contributed by atoms with Crippen LogP contribution in [0.15, 0.2) is 0 Å². The molecular formula is C7H16ClF2NO2. The summed E-state index contributed by atoms with van der Waals surface area (Å²) in [6, 6.07) is 0. The van der Waals surface area contributed by atoms with Crippen LogP contribution in [0.3, 0.4) is 0 Å². The van der Waals surface area contributed by atoms with Gasteiger partial charge in [0.1, 0.15) is 0 Å². The maximum absolute atomic E-state index is 12.7. The van der Waals surface area contributed by atoms with Crippen LogP contribution < -0.4 is 5.73 Å². The number of methoxy groups -OCH3 is 2. The minimum absolute atomic E-state index is 0. The van der Waals surface area contributed by atoms with Crippen molar-refractivity contribution in [1.82, 2.24) is 0 Å². The predicted octanol–water partition coefficient (Wildman–Crippen LogP) is 1.05. The van der Waals surface area contributed by atoms with Crippen LogP contribution in [0.2, 0.25) is 0 Å². The predicted molar refractivity (Wildman–Crippen MR) is 48.5 cm³/mol. The van der Waals surface area contributed by atoms with E-state index in [1.165, 1.54) is 14.2 Å². The van der Waals surface area contributed by atoms with E-state index in [9.17, 15) is 8.78 Å². The average Bonchev–Trinajstić information content (AvgIpc) is 2.03. The molecule has 0 radical (unpaired) electrons. The molecule has 13 heavy (non-hydrogen) atoms. The van der Waals surface area contributed by atoms with E-state index in [-0.39, 0.29) is 19.0 Å². The van der Waals surface area contributed by atoms with E-state index in [1.807, 2.05) is 0 Å². The molecule has 6 heteroatoms. The van der Waals surface area contributed by atoms with Crippen molar-refractivity contribution in [2.45, 2.75) is 18.4 Å². The molecule has 1 atom stereocenters. The monoisotopic (exact) mass is 219 g/mol. The molecule has 0 aliphatic carbocycles. The zero-order chi connectivity index (χ0) is 9.61. The minimum Gasteiger partial charge on any atom is -0.382 e. The molecule has 0 aliphatic rings. The SMILES string of the molecule is COCC(CC(F)(F)CN)OC.Cl. The quantitative estimate of drug-likeness (QED) is 0.727. The van der Waals surface area contributed by atoms with Crippen LogP contribution in [-0.2, 0) is 9.47 Å². The number of hydrogen-bond acceptors (Lipinski definition) is 3. The fourth-order valence-electron chi connectivity index (χ4n) is 0.813. The van der Waals surface area contributed by atoms with Crippen molar-refractivity contribution in [3.8, 4) is 0 Å². The van der Waals surface area contributed by atoms with Gasteiger partial charge in [-0.1, -0.05) is 0 Å². The van der Waals surface area contributed by atoms with Crippen molar-refractivity contribution in [1.29, 1.82) is 0 Å². The van der Waals surface area contributed by atoms with E-state index in [0.717, 1.165) is 0 Å². The molecule has 0 amide bonds. The molecule has 0 rings (SSSR count). The standard InChI is InChI=1S/C7H15F2NO2.ClH/c1-11-4-6(12-2)3-7(8,9)5-10;/h6H,3-5,10H2,1-2H3;1H. The first-order valence-corrected chi connectivity index (χ1v) is 3.65. The average molecular weight is 220 g/mol. The van der Waals surface area contributed by atoms with Crippen molar-refractivity contribution < 1.29 is 18.3 Å². The Morgan fingerprint density at radius 1 is 1.38 bits per heavy atom. The van der Waals surface area contributed by atoms with Crippen molar-refractivity contribution in [3.63, 3.8) is 0 Å². The van der Waals surface area contributed by atoms with Gasteiger partial charge in [0.05, 0.1) is 19.3 Å². The second-order valence-corrected chi connectivity index (χ2v) is 2.58. The van der Waals surface area contributed by atoms with Crippen LogP contribution in [0.1, 0.15) is 6.42 Å². The molecule has 0 saturated heterocycles. The minimum atomic E-state index is -2.86. The lowest BCUT2D eigenvalue weighted by atomic mass is 10.1. The lowest BCUT2D eigenvalue weighted by molar-refractivity contribution is -0.0665. The molecule has 82 valence electrons. The molecule has 0 heterocycles. The summed E-state index contributed by atoms with van der Waals surface area (Å²) in [6.07, 6.45) is -0.984. The third kappa shape index (κ3) is 7.13. The van der Waals surface area contributed by atoms with E-state index >= 15 is 0 Å². The van der Waals surface area contributed by atoms with Gasteiger partial charge in [-0.05, 0) is 0 Å². The van der Waals surface area contributed by atoms with E-state index < -0.39 is 25.0 Å². The van der Waals surface area contributed by atoms with Gasteiger partial charge in [0, 0.05) is 20.6 Å². The smallest absolute Gasteiger partial charge is 0.262 e. The Hall–Kier alpha value is 0.0300. The lowest BCUT2D eigenvalue weighted by Gasteiger charge is -2.20. The first kappa shape index (κ1) is 15.5. The van der Waals surface area contributed by atoms with Crippen LogP contribution in [0.25, 0.3) is 0 Å². The van der Waals surface area contributed by atoms with Crippen LogP contribution in [-0.4, -0.2) is 39.4 Å². The van der Waals surface area contributed by atoms with Gasteiger partial charge in [0.25, 0.3) is 5.92 Å². The first-order chi connectivity index (χ1) is 5.55. The highest BCUT2D eigenvalue weighted by molar-refractivity contribution is 5.85.